The van der Waals surface area contributed by atoms with Crippen LogP contribution in [0.15, 0.2) is 30.5 Å². The molecule has 1 fully saturated rings. The molecule has 27 heavy (non-hydrogen) atoms. The summed E-state index contributed by atoms with van der Waals surface area (Å²) < 4.78 is 34.0. The van der Waals surface area contributed by atoms with Crippen molar-refractivity contribution in [1.82, 2.24) is 9.78 Å². The fraction of sp³-hybridized carbons (Fsp3) is 0.524. The van der Waals surface area contributed by atoms with Crippen LogP contribution in [0.1, 0.15) is 73.1 Å². The highest BCUT2D eigenvalue weighted by Gasteiger charge is 2.63. The number of carbonyl (C=O) groups is 1. The predicted molar refractivity (Wildman–Crippen MR) is 96.6 cm³/mol. The molecule has 0 aliphatic heterocycles. The van der Waals surface area contributed by atoms with Gasteiger partial charge in [0.1, 0.15) is 16.9 Å². The van der Waals surface area contributed by atoms with E-state index in [0.29, 0.717) is 12.3 Å². The third-order valence-corrected chi connectivity index (χ3v) is 6.04. The van der Waals surface area contributed by atoms with E-state index >= 15 is 0 Å². The van der Waals surface area contributed by atoms with Gasteiger partial charge in [0.25, 0.3) is 6.43 Å². The van der Waals surface area contributed by atoms with Crippen molar-refractivity contribution in [3.8, 4) is 0 Å². The predicted octanol–water partition coefficient (Wildman–Crippen LogP) is 4.96. The van der Waals surface area contributed by atoms with Crippen molar-refractivity contribution >= 4 is 5.97 Å². The molecule has 1 aromatic heterocycles. The van der Waals surface area contributed by atoms with Crippen LogP contribution in [-0.2, 0) is 17.4 Å². The molecule has 1 heterocycles. The van der Waals surface area contributed by atoms with Crippen molar-refractivity contribution in [2.45, 2.75) is 51.6 Å². The minimum absolute atomic E-state index is 0.0963. The Morgan fingerprint density at radius 2 is 2.04 bits per heavy atom. The van der Waals surface area contributed by atoms with Crippen LogP contribution >= 0.6 is 0 Å². The maximum absolute atomic E-state index is 13.3. The zero-order chi connectivity index (χ0) is 19.6. The van der Waals surface area contributed by atoms with Gasteiger partial charge in [0, 0.05) is 19.2 Å². The molecule has 2 aromatic rings. The zero-order valence-electron chi connectivity index (χ0n) is 16.0. The number of hydrogen-bond donors (Lipinski definition) is 0. The van der Waals surface area contributed by atoms with Crippen molar-refractivity contribution in [2.75, 3.05) is 0 Å². The number of halogens is 2. The number of carbonyl (C=O) groups excluding carboxylic acids is 1. The Kier molecular flexibility index (Phi) is 3.95. The number of rotatable bonds is 3. The summed E-state index contributed by atoms with van der Waals surface area (Å²) in [6.45, 7) is 6.46. The Bertz CT molecular complexity index is 900. The van der Waals surface area contributed by atoms with Crippen LogP contribution in [0.25, 0.3) is 0 Å². The summed E-state index contributed by atoms with van der Waals surface area (Å²) in [5, 5.41) is 3.74. The quantitative estimate of drug-likeness (QED) is 0.713. The highest BCUT2D eigenvalue weighted by molar-refractivity contribution is 5.91. The second kappa shape index (κ2) is 5.88. The third kappa shape index (κ3) is 2.60. The van der Waals surface area contributed by atoms with Crippen LogP contribution in [0, 0.1) is 11.3 Å². The molecule has 0 N–H and O–H groups in total. The summed E-state index contributed by atoms with van der Waals surface area (Å²) in [4.78, 5) is 13.0. The van der Waals surface area contributed by atoms with Crippen molar-refractivity contribution in [3.05, 3.63) is 52.8 Å². The molecule has 0 radical (unpaired) electrons. The van der Waals surface area contributed by atoms with E-state index in [0.717, 1.165) is 12.0 Å². The average Bonchev–Trinajstić information content (AvgIpc) is 3.23. The fourth-order valence-corrected chi connectivity index (χ4v) is 5.38. The number of nitrogens with zero attached hydrogens (tertiary/aromatic N) is 2. The van der Waals surface area contributed by atoms with E-state index in [1.807, 2.05) is 18.2 Å². The molecule has 0 amide bonds. The number of benzene rings is 1. The van der Waals surface area contributed by atoms with Crippen molar-refractivity contribution in [1.29, 1.82) is 0 Å². The van der Waals surface area contributed by atoms with Gasteiger partial charge in [-0.1, -0.05) is 45.0 Å². The highest BCUT2D eigenvalue weighted by Crippen LogP contribution is 2.66. The summed E-state index contributed by atoms with van der Waals surface area (Å²) in [5.41, 5.74) is 0.704. The van der Waals surface area contributed by atoms with Crippen LogP contribution in [0.5, 0.6) is 0 Å². The lowest BCUT2D eigenvalue weighted by Gasteiger charge is -2.39. The first-order valence-corrected chi connectivity index (χ1v) is 9.29. The van der Waals surface area contributed by atoms with Crippen LogP contribution in [-0.4, -0.2) is 15.7 Å². The minimum Gasteiger partial charge on any atom is -0.450 e. The molecule has 4 rings (SSSR count). The Morgan fingerprint density at radius 3 is 2.70 bits per heavy atom. The molecular formula is C21H24F2N2O2. The highest BCUT2D eigenvalue weighted by atomic mass is 19.3. The number of fused-ring (bicyclic) bond motifs is 5. The molecule has 6 heteroatoms. The first kappa shape index (κ1) is 18.1. The zero-order valence-corrected chi connectivity index (χ0v) is 16.0. The van der Waals surface area contributed by atoms with E-state index in [1.165, 1.54) is 23.5 Å². The van der Waals surface area contributed by atoms with Gasteiger partial charge >= 0.3 is 5.97 Å². The molecule has 144 valence electrons. The van der Waals surface area contributed by atoms with Gasteiger partial charge in [0.2, 0.25) is 0 Å². The topological polar surface area (TPSA) is 44.1 Å². The van der Waals surface area contributed by atoms with Gasteiger partial charge in [-0.15, -0.1) is 0 Å². The Balaban J connectivity index is 1.78. The SMILES string of the molecule is Cn1cc(C(=O)OC23CCC(c4ccccc42)C3C(C)(C)C)c(C(F)F)n1. The molecule has 2 aliphatic rings. The molecular weight excluding hydrogens is 350 g/mol. The normalized spacial score (nSPS) is 26.5. The van der Waals surface area contributed by atoms with E-state index in [4.69, 9.17) is 4.74 Å². The Morgan fingerprint density at radius 1 is 1.33 bits per heavy atom. The van der Waals surface area contributed by atoms with E-state index in [-0.39, 0.29) is 16.9 Å². The average molecular weight is 374 g/mol. The van der Waals surface area contributed by atoms with E-state index in [9.17, 15) is 13.6 Å². The molecule has 2 aliphatic carbocycles. The van der Waals surface area contributed by atoms with Gasteiger partial charge in [-0.05, 0) is 35.3 Å². The lowest BCUT2D eigenvalue weighted by atomic mass is 9.71. The lowest BCUT2D eigenvalue weighted by molar-refractivity contribution is -0.0650. The number of hydrogen-bond acceptors (Lipinski definition) is 3. The second-order valence-corrected chi connectivity index (χ2v) is 8.76. The molecule has 4 nitrogen and oxygen atoms in total. The number of esters is 1. The molecule has 0 saturated heterocycles. The summed E-state index contributed by atoms with van der Waals surface area (Å²) in [6.07, 6.45) is 0.143. The fourth-order valence-electron chi connectivity index (χ4n) is 5.38. The molecule has 1 saturated carbocycles. The first-order valence-electron chi connectivity index (χ1n) is 9.29. The van der Waals surface area contributed by atoms with Gasteiger partial charge in [0.15, 0.2) is 0 Å². The number of ether oxygens (including phenoxy) is 1. The Labute approximate surface area is 157 Å². The molecule has 1 aromatic carbocycles. The third-order valence-electron chi connectivity index (χ3n) is 6.04. The van der Waals surface area contributed by atoms with Gasteiger partial charge in [0.05, 0.1) is 0 Å². The second-order valence-electron chi connectivity index (χ2n) is 8.76. The van der Waals surface area contributed by atoms with Crippen LogP contribution in [0.2, 0.25) is 0 Å². The summed E-state index contributed by atoms with van der Waals surface area (Å²) >= 11 is 0. The monoisotopic (exact) mass is 374 g/mol. The van der Waals surface area contributed by atoms with Gasteiger partial charge < -0.3 is 4.74 Å². The summed E-state index contributed by atoms with van der Waals surface area (Å²) in [5.74, 6) is -0.291. The smallest absolute Gasteiger partial charge is 0.342 e. The van der Waals surface area contributed by atoms with Gasteiger partial charge in [-0.3, -0.25) is 4.68 Å². The van der Waals surface area contributed by atoms with E-state index < -0.39 is 23.7 Å². The van der Waals surface area contributed by atoms with Crippen LogP contribution in [0.3, 0.4) is 0 Å². The molecule has 3 unspecified atom stereocenters. The van der Waals surface area contributed by atoms with Crippen molar-refractivity contribution in [2.24, 2.45) is 18.4 Å². The first-order chi connectivity index (χ1) is 12.6. The number of aromatic nitrogens is 2. The number of aryl methyl sites for hydroxylation is 1. The lowest BCUT2D eigenvalue weighted by Crippen LogP contribution is -2.40. The van der Waals surface area contributed by atoms with E-state index in [1.54, 1.807) is 0 Å². The van der Waals surface area contributed by atoms with Crippen molar-refractivity contribution in [3.63, 3.8) is 0 Å². The summed E-state index contributed by atoms with van der Waals surface area (Å²) in [7, 11) is 1.52. The minimum atomic E-state index is -2.82. The van der Waals surface area contributed by atoms with Crippen molar-refractivity contribution < 1.29 is 18.3 Å². The molecule has 0 spiro atoms. The number of alkyl halides is 2. The molecule has 2 bridgehead atoms. The standard InChI is InChI=1S/C21H24F2N2O2/c1-20(2,3)17-13-9-10-21(17,15-8-6-5-7-12(13)15)27-19(26)14-11-25(4)24-16(14)18(22)23/h5-8,11,13,17-18H,9-10H2,1-4H3. The van der Waals surface area contributed by atoms with Crippen LogP contribution in [0.4, 0.5) is 8.78 Å². The van der Waals surface area contributed by atoms with Gasteiger partial charge in [-0.25, -0.2) is 13.6 Å². The molecule has 3 atom stereocenters. The Hall–Kier alpha value is -2.24. The van der Waals surface area contributed by atoms with Gasteiger partial charge in [-0.2, -0.15) is 5.10 Å². The van der Waals surface area contributed by atoms with E-state index in [2.05, 4.69) is 31.9 Å². The maximum atomic E-state index is 13.3. The summed E-state index contributed by atoms with van der Waals surface area (Å²) in [6, 6.07) is 8.06. The maximum Gasteiger partial charge on any atom is 0.342 e. The van der Waals surface area contributed by atoms with Crippen LogP contribution < -0.4 is 0 Å². The largest absolute Gasteiger partial charge is 0.450 e.